The van der Waals surface area contributed by atoms with Gasteiger partial charge in [0, 0.05) is 12.8 Å². The lowest BCUT2D eigenvalue weighted by molar-refractivity contribution is 0.00885. The molecule has 0 aromatic carbocycles. The van der Waals surface area contributed by atoms with Crippen LogP contribution in [-0.4, -0.2) is 21.2 Å². The van der Waals surface area contributed by atoms with Gasteiger partial charge in [0.2, 0.25) is 0 Å². The zero-order valence-corrected chi connectivity index (χ0v) is 9.39. The highest BCUT2D eigenvalue weighted by atomic mass is 16.5. The number of rotatable bonds is 1. The number of hydrogen-bond acceptors (Lipinski definition) is 3. The molecule has 1 fully saturated rings. The maximum Gasteiger partial charge on any atom is 0.166 e. The fraction of sp³-hybridized carbons (Fsp3) is 0.500. The van der Waals surface area contributed by atoms with Gasteiger partial charge in [-0.05, 0) is 37.8 Å². The number of fused-ring (bicyclic) bond motifs is 1. The van der Waals surface area contributed by atoms with Crippen LogP contribution < -0.4 is 0 Å². The van der Waals surface area contributed by atoms with E-state index in [1.54, 1.807) is 0 Å². The van der Waals surface area contributed by atoms with Crippen molar-refractivity contribution in [3.8, 4) is 0 Å². The fourth-order valence-electron chi connectivity index (χ4n) is 2.18. The van der Waals surface area contributed by atoms with Crippen molar-refractivity contribution in [2.24, 2.45) is 0 Å². The van der Waals surface area contributed by atoms with E-state index < -0.39 is 0 Å². The number of aromatic nitrogens is 3. The predicted octanol–water partition coefficient (Wildman–Crippen LogP) is 2.28. The minimum atomic E-state index is 0.116. The number of aryl methyl sites for hydroxylation is 1. The highest BCUT2D eigenvalue weighted by Gasteiger charge is 2.21. The Hall–Kier alpha value is -1.42. The van der Waals surface area contributed by atoms with Crippen LogP contribution in [0.3, 0.4) is 0 Å². The molecule has 0 spiro atoms. The molecular formula is C12H15N3O. The summed E-state index contributed by atoms with van der Waals surface area (Å²) >= 11 is 0. The first-order chi connectivity index (χ1) is 7.84. The molecule has 0 amide bonds. The average molecular weight is 217 g/mol. The van der Waals surface area contributed by atoms with Crippen molar-refractivity contribution in [1.82, 2.24) is 14.6 Å². The van der Waals surface area contributed by atoms with Gasteiger partial charge in [-0.2, -0.15) is 0 Å². The van der Waals surface area contributed by atoms with E-state index in [4.69, 9.17) is 4.74 Å². The van der Waals surface area contributed by atoms with Gasteiger partial charge in [0.1, 0.15) is 6.10 Å². The Morgan fingerprint density at radius 3 is 3.06 bits per heavy atom. The number of pyridine rings is 1. The molecule has 0 bridgehead atoms. The van der Waals surface area contributed by atoms with Crippen molar-refractivity contribution in [3.63, 3.8) is 0 Å². The van der Waals surface area contributed by atoms with E-state index in [0.717, 1.165) is 30.9 Å². The lowest BCUT2D eigenvalue weighted by Gasteiger charge is -2.20. The van der Waals surface area contributed by atoms with Crippen molar-refractivity contribution < 1.29 is 4.74 Å². The number of nitrogens with zero attached hydrogens (tertiary/aromatic N) is 3. The second-order valence-electron chi connectivity index (χ2n) is 4.35. The van der Waals surface area contributed by atoms with Gasteiger partial charge in [-0.3, -0.25) is 4.40 Å². The first-order valence-corrected chi connectivity index (χ1v) is 5.77. The summed E-state index contributed by atoms with van der Waals surface area (Å²) in [7, 11) is 0. The lowest BCUT2D eigenvalue weighted by atomic mass is 10.1. The van der Waals surface area contributed by atoms with E-state index in [0.29, 0.717) is 0 Å². The zero-order chi connectivity index (χ0) is 11.0. The Labute approximate surface area is 94.3 Å². The Morgan fingerprint density at radius 1 is 1.31 bits per heavy atom. The first kappa shape index (κ1) is 9.78. The van der Waals surface area contributed by atoms with Crippen molar-refractivity contribution >= 4 is 5.65 Å². The number of hydrogen-bond donors (Lipinski definition) is 0. The molecule has 2 aromatic heterocycles. The largest absolute Gasteiger partial charge is 0.370 e. The molecule has 1 aliphatic heterocycles. The third-order valence-electron chi connectivity index (χ3n) is 3.04. The molecule has 2 aromatic rings. The molecule has 1 unspecified atom stereocenters. The summed E-state index contributed by atoms with van der Waals surface area (Å²) in [4.78, 5) is 0. The van der Waals surface area contributed by atoms with Gasteiger partial charge in [-0.25, -0.2) is 0 Å². The monoisotopic (exact) mass is 217 g/mol. The summed E-state index contributed by atoms with van der Waals surface area (Å²) < 4.78 is 7.79. The van der Waals surface area contributed by atoms with Crippen LogP contribution in [0.1, 0.15) is 36.8 Å². The standard InChI is InChI=1S/C12H15N3O/c1-9-5-6-11-13-14-12(15(11)8-9)10-4-2-3-7-16-10/h5-6,8,10H,2-4,7H2,1H3. The van der Waals surface area contributed by atoms with Crippen molar-refractivity contribution in [2.75, 3.05) is 6.61 Å². The Bertz CT molecular complexity index is 500. The Kier molecular flexibility index (Phi) is 2.36. The molecule has 1 saturated heterocycles. The van der Waals surface area contributed by atoms with Crippen LogP contribution in [0, 0.1) is 6.92 Å². The molecule has 0 aliphatic carbocycles. The van der Waals surface area contributed by atoms with Crippen LogP contribution in [0.15, 0.2) is 18.3 Å². The quantitative estimate of drug-likeness (QED) is 0.735. The number of ether oxygens (including phenoxy) is 1. The van der Waals surface area contributed by atoms with E-state index >= 15 is 0 Å². The summed E-state index contributed by atoms with van der Waals surface area (Å²) in [6.07, 6.45) is 5.61. The van der Waals surface area contributed by atoms with Gasteiger partial charge in [0.05, 0.1) is 0 Å². The molecule has 4 heteroatoms. The van der Waals surface area contributed by atoms with Crippen LogP contribution in [0.4, 0.5) is 0 Å². The molecule has 0 saturated carbocycles. The summed E-state index contributed by atoms with van der Waals surface area (Å²) in [5.41, 5.74) is 2.11. The van der Waals surface area contributed by atoms with E-state index in [1.807, 2.05) is 10.5 Å². The van der Waals surface area contributed by atoms with Crippen molar-refractivity contribution in [1.29, 1.82) is 0 Å². The lowest BCUT2D eigenvalue weighted by Crippen LogP contribution is -2.14. The third kappa shape index (κ3) is 1.59. The van der Waals surface area contributed by atoms with E-state index in [1.165, 1.54) is 12.0 Å². The fourth-order valence-corrected chi connectivity index (χ4v) is 2.18. The van der Waals surface area contributed by atoms with Gasteiger partial charge in [0.25, 0.3) is 0 Å². The van der Waals surface area contributed by atoms with Gasteiger partial charge < -0.3 is 4.74 Å². The molecule has 0 N–H and O–H groups in total. The van der Waals surface area contributed by atoms with Crippen LogP contribution in [0.2, 0.25) is 0 Å². The van der Waals surface area contributed by atoms with Crippen molar-refractivity contribution in [2.45, 2.75) is 32.3 Å². The predicted molar refractivity (Wildman–Crippen MR) is 60.3 cm³/mol. The highest BCUT2D eigenvalue weighted by Crippen LogP contribution is 2.26. The molecule has 3 heterocycles. The van der Waals surface area contributed by atoms with Gasteiger partial charge >= 0.3 is 0 Å². The normalized spacial score (nSPS) is 21.4. The molecule has 0 radical (unpaired) electrons. The summed E-state index contributed by atoms with van der Waals surface area (Å²) in [6.45, 7) is 2.91. The zero-order valence-electron chi connectivity index (χ0n) is 9.39. The maximum atomic E-state index is 5.75. The minimum absolute atomic E-state index is 0.116. The van der Waals surface area contributed by atoms with Crippen LogP contribution in [0.5, 0.6) is 0 Å². The minimum Gasteiger partial charge on any atom is -0.370 e. The molecule has 1 aliphatic rings. The van der Waals surface area contributed by atoms with Gasteiger partial charge in [-0.1, -0.05) is 6.07 Å². The van der Waals surface area contributed by atoms with Crippen LogP contribution >= 0.6 is 0 Å². The molecule has 84 valence electrons. The first-order valence-electron chi connectivity index (χ1n) is 5.77. The summed E-state index contributed by atoms with van der Waals surface area (Å²) in [6, 6.07) is 4.05. The third-order valence-corrected chi connectivity index (χ3v) is 3.04. The molecular weight excluding hydrogens is 202 g/mol. The average Bonchev–Trinajstić information content (AvgIpc) is 2.73. The second-order valence-corrected chi connectivity index (χ2v) is 4.35. The summed E-state index contributed by atoms with van der Waals surface area (Å²) in [5.74, 6) is 0.943. The molecule has 3 rings (SSSR count). The Balaban J connectivity index is 2.05. The van der Waals surface area contributed by atoms with Crippen molar-refractivity contribution in [3.05, 3.63) is 29.7 Å². The van der Waals surface area contributed by atoms with Crippen LogP contribution in [-0.2, 0) is 4.74 Å². The van der Waals surface area contributed by atoms with E-state index in [-0.39, 0.29) is 6.10 Å². The SMILES string of the molecule is Cc1ccc2nnc(C3CCCCO3)n2c1. The van der Waals surface area contributed by atoms with Crippen LogP contribution in [0.25, 0.3) is 5.65 Å². The maximum absolute atomic E-state index is 5.75. The second kappa shape index (κ2) is 3.87. The molecule has 16 heavy (non-hydrogen) atoms. The van der Waals surface area contributed by atoms with Gasteiger partial charge in [0.15, 0.2) is 11.5 Å². The smallest absolute Gasteiger partial charge is 0.166 e. The molecule has 4 nitrogen and oxygen atoms in total. The Morgan fingerprint density at radius 2 is 2.25 bits per heavy atom. The van der Waals surface area contributed by atoms with Gasteiger partial charge in [-0.15, -0.1) is 10.2 Å². The topological polar surface area (TPSA) is 39.4 Å². The highest BCUT2D eigenvalue weighted by molar-refractivity contribution is 5.39. The summed E-state index contributed by atoms with van der Waals surface area (Å²) in [5, 5.41) is 8.42. The van der Waals surface area contributed by atoms with E-state index in [9.17, 15) is 0 Å². The molecule has 1 atom stereocenters. The van der Waals surface area contributed by atoms with E-state index in [2.05, 4.69) is 29.4 Å².